The highest BCUT2D eigenvalue weighted by Crippen LogP contribution is 2.07. The second kappa shape index (κ2) is 6.21. The fourth-order valence-corrected chi connectivity index (χ4v) is 0.897. The smallest absolute Gasteiger partial charge is 0.0323 e. The van der Waals surface area contributed by atoms with Gasteiger partial charge in [0, 0.05) is 0 Å². The van der Waals surface area contributed by atoms with Gasteiger partial charge in [-0.25, -0.2) is 0 Å². The van der Waals surface area contributed by atoms with Crippen molar-refractivity contribution in [3.8, 4) is 0 Å². The second-order valence-corrected chi connectivity index (χ2v) is 3.25. The Kier molecular flexibility index (Phi) is 5.91. The van der Waals surface area contributed by atoms with E-state index in [4.69, 9.17) is 0 Å². The summed E-state index contributed by atoms with van der Waals surface area (Å²) in [5.41, 5.74) is 2.80. The topological polar surface area (TPSA) is 0 Å². The van der Waals surface area contributed by atoms with Crippen molar-refractivity contribution < 1.29 is 0 Å². The minimum absolute atomic E-state index is 1.17. The molecule has 0 saturated carbocycles. The summed E-state index contributed by atoms with van der Waals surface area (Å²) in [4.78, 5) is 0. The van der Waals surface area contributed by atoms with E-state index in [1.54, 1.807) is 0 Å². The van der Waals surface area contributed by atoms with E-state index in [1.165, 1.54) is 36.8 Å². The van der Waals surface area contributed by atoms with Gasteiger partial charge in [-0.3, -0.25) is 0 Å². The number of allylic oxidation sites excluding steroid dienone is 3. The van der Waals surface area contributed by atoms with Gasteiger partial charge in [-0.05, 0) is 39.5 Å². The molecule has 0 atom stereocenters. The molecule has 0 heteroatoms. The van der Waals surface area contributed by atoms with E-state index >= 15 is 0 Å². The number of rotatable bonds is 5. The Labute approximate surface area is 71.0 Å². The van der Waals surface area contributed by atoms with Crippen molar-refractivity contribution in [1.29, 1.82) is 0 Å². The van der Waals surface area contributed by atoms with Crippen LogP contribution in [0.5, 0.6) is 0 Å². The Morgan fingerprint density at radius 1 is 1.36 bits per heavy atom. The molecule has 0 bridgehead atoms. The molecule has 0 aromatic heterocycles. The van der Waals surface area contributed by atoms with Crippen LogP contribution in [0.2, 0.25) is 0 Å². The van der Waals surface area contributed by atoms with E-state index in [0.29, 0.717) is 0 Å². The summed E-state index contributed by atoms with van der Waals surface area (Å²) < 4.78 is 0. The quantitative estimate of drug-likeness (QED) is 0.411. The first-order valence-corrected chi connectivity index (χ1v) is 4.46. The van der Waals surface area contributed by atoms with Crippen LogP contribution in [0.1, 0.15) is 46.5 Å². The molecular weight excluding hydrogens is 132 g/mol. The van der Waals surface area contributed by atoms with Crippen molar-refractivity contribution in [1.82, 2.24) is 0 Å². The van der Waals surface area contributed by atoms with Gasteiger partial charge in [0.05, 0.1) is 0 Å². The summed E-state index contributed by atoms with van der Waals surface area (Å²) in [6.45, 7) is 10.4. The van der Waals surface area contributed by atoms with Crippen LogP contribution >= 0.6 is 0 Å². The molecule has 0 unspecified atom stereocenters. The molecule has 0 aliphatic carbocycles. The molecular formula is C11H20. The van der Waals surface area contributed by atoms with Crippen molar-refractivity contribution in [3.05, 3.63) is 23.8 Å². The predicted molar refractivity (Wildman–Crippen MR) is 52.7 cm³/mol. The Bertz CT molecular complexity index is 140. The van der Waals surface area contributed by atoms with E-state index in [-0.39, 0.29) is 0 Å². The molecule has 0 aliphatic heterocycles. The highest BCUT2D eigenvalue weighted by Gasteiger charge is 1.87. The van der Waals surface area contributed by atoms with Gasteiger partial charge in [-0.2, -0.15) is 0 Å². The van der Waals surface area contributed by atoms with E-state index < -0.39 is 0 Å². The van der Waals surface area contributed by atoms with Crippen molar-refractivity contribution in [2.75, 3.05) is 0 Å². The molecule has 0 aromatic rings. The molecule has 0 heterocycles. The summed E-state index contributed by atoms with van der Waals surface area (Å²) >= 11 is 0. The van der Waals surface area contributed by atoms with E-state index in [9.17, 15) is 0 Å². The zero-order valence-electron chi connectivity index (χ0n) is 8.11. The van der Waals surface area contributed by atoms with Gasteiger partial charge in [0.15, 0.2) is 0 Å². The lowest BCUT2D eigenvalue weighted by atomic mass is 10.1. The minimum atomic E-state index is 1.17. The van der Waals surface area contributed by atoms with Gasteiger partial charge in [0.25, 0.3) is 0 Å². The Hall–Kier alpha value is -0.520. The maximum atomic E-state index is 3.87. The van der Waals surface area contributed by atoms with Crippen LogP contribution in [0.25, 0.3) is 0 Å². The minimum Gasteiger partial charge on any atom is -0.100 e. The lowest BCUT2D eigenvalue weighted by Crippen LogP contribution is -1.76. The summed E-state index contributed by atoms with van der Waals surface area (Å²) in [7, 11) is 0. The standard InChI is InChI=1S/C11H20/c1-5-11(4)9-7-6-8-10(2)3/h9H,2,5-8H2,1,3-4H3/b11-9-. The number of hydrogen-bond donors (Lipinski definition) is 0. The lowest BCUT2D eigenvalue weighted by molar-refractivity contribution is 0.826. The SMILES string of the molecule is C=C(C)CCC/C=C(/C)CC. The Morgan fingerprint density at radius 3 is 2.45 bits per heavy atom. The summed E-state index contributed by atoms with van der Waals surface area (Å²) in [5, 5.41) is 0. The lowest BCUT2D eigenvalue weighted by Gasteiger charge is -1.97. The van der Waals surface area contributed by atoms with Crippen LogP contribution in [-0.4, -0.2) is 0 Å². The summed E-state index contributed by atoms with van der Waals surface area (Å²) in [6.07, 6.45) is 7.17. The molecule has 0 radical (unpaired) electrons. The molecule has 11 heavy (non-hydrogen) atoms. The first-order valence-electron chi connectivity index (χ1n) is 4.46. The molecule has 0 N–H and O–H groups in total. The molecule has 0 amide bonds. The molecule has 64 valence electrons. The largest absolute Gasteiger partial charge is 0.100 e. The zero-order chi connectivity index (χ0) is 8.69. The fourth-order valence-electron chi connectivity index (χ4n) is 0.897. The van der Waals surface area contributed by atoms with Gasteiger partial charge in [-0.1, -0.05) is 24.1 Å². The van der Waals surface area contributed by atoms with Crippen molar-refractivity contribution in [3.63, 3.8) is 0 Å². The third kappa shape index (κ3) is 7.38. The molecule has 0 nitrogen and oxygen atoms in total. The molecule has 0 saturated heterocycles. The first kappa shape index (κ1) is 10.5. The second-order valence-electron chi connectivity index (χ2n) is 3.25. The third-order valence-corrected chi connectivity index (χ3v) is 1.86. The monoisotopic (exact) mass is 152 g/mol. The maximum absolute atomic E-state index is 3.87. The van der Waals surface area contributed by atoms with Gasteiger partial charge in [-0.15, -0.1) is 6.58 Å². The van der Waals surface area contributed by atoms with Crippen LogP contribution in [0.4, 0.5) is 0 Å². The molecule has 0 rings (SSSR count). The normalized spacial score (nSPS) is 11.7. The predicted octanol–water partition coefficient (Wildman–Crippen LogP) is 4.09. The van der Waals surface area contributed by atoms with Crippen molar-refractivity contribution in [2.45, 2.75) is 46.5 Å². The number of hydrogen-bond acceptors (Lipinski definition) is 0. The van der Waals surface area contributed by atoms with Crippen LogP contribution in [-0.2, 0) is 0 Å². The maximum Gasteiger partial charge on any atom is -0.0323 e. The Balaban J connectivity index is 3.33. The fraction of sp³-hybridized carbons (Fsp3) is 0.636. The van der Waals surface area contributed by atoms with Crippen molar-refractivity contribution in [2.24, 2.45) is 0 Å². The van der Waals surface area contributed by atoms with E-state index in [1.807, 2.05) is 0 Å². The highest BCUT2D eigenvalue weighted by atomic mass is 13.9. The van der Waals surface area contributed by atoms with Crippen LogP contribution in [0, 0.1) is 0 Å². The third-order valence-electron chi connectivity index (χ3n) is 1.86. The molecule has 0 aromatic carbocycles. The summed E-state index contributed by atoms with van der Waals surface area (Å²) in [6, 6.07) is 0. The molecule has 0 aliphatic rings. The van der Waals surface area contributed by atoms with Crippen LogP contribution < -0.4 is 0 Å². The average molecular weight is 152 g/mol. The highest BCUT2D eigenvalue weighted by molar-refractivity contribution is 4.97. The first-order chi connectivity index (χ1) is 5.16. The van der Waals surface area contributed by atoms with Gasteiger partial charge >= 0.3 is 0 Å². The summed E-state index contributed by atoms with van der Waals surface area (Å²) in [5.74, 6) is 0. The van der Waals surface area contributed by atoms with Crippen molar-refractivity contribution >= 4 is 0 Å². The molecule has 0 spiro atoms. The van der Waals surface area contributed by atoms with E-state index in [2.05, 4.69) is 33.4 Å². The van der Waals surface area contributed by atoms with Gasteiger partial charge in [0.2, 0.25) is 0 Å². The van der Waals surface area contributed by atoms with Crippen LogP contribution in [0.3, 0.4) is 0 Å². The van der Waals surface area contributed by atoms with Crippen LogP contribution in [0.15, 0.2) is 23.8 Å². The number of unbranched alkanes of at least 4 members (excludes halogenated alkanes) is 1. The average Bonchev–Trinajstić information content (AvgIpc) is 1.97. The van der Waals surface area contributed by atoms with Gasteiger partial charge in [0.1, 0.15) is 0 Å². The zero-order valence-corrected chi connectivity index (χ0v) is 8.11. The van der Waals surface area contributed by atoms with E-state index in [0.717, 1.165) is 0 Å². The van der Waals surface area contributed by atoms with Gasteiger partial charge < -0.3 is 0 Å². The Morgan fingerprint density at radius 2 is 2.00 bits per heavy atom. The molecule has 0 fully saturated rings.